The minimum absolute atomic E-state index is 0.361. The highest BCUT2D eigenvalue weighted by molar-refractivity contribution is 7.15. The second kappa shape index (κ2) is 5.18. The van der Waals surface area contributed by atoms with Gasteiger partial charge in [0.1, 0.15) is 5.01 Å². The lowest BCUT2D eigenvalue weighted by Crippen LogP contribution is -2.16. The van der Waals surface area contributed by atoms with Crippen LogP contribution in [0.1, 0.15) is 24.8 Å². The summed E-state index contributed by atoms with van der Waals surface area (Å²) in [6.45, 7) is 5.23. The number of hydrogen-bond donors (Lipinski definition) is 1. The first-order valence-corrected chi connectivity index (χ1v) is 6.23. The van der Waals surface area contributed by atoms with E-state index in [9.17, 15) is 0 Å². The van der Waals surface area contributed by atoms with E-state index in [-0.39, 0.29) is 0 Å². The molecule has 2 heterocycles. The Morgan fingerprint density at radius 1 is 1.38 bits per heavy atom. The van der Waals surface area contributed by atoms with Gasteiger partial charge in [-0.05, 0) is 25.6 Å². The van der Waals surface area contributed by atoms with Gasteiger partial charge in [-0.3, -0.25) is 4.98 Å². The third kappa shape index (κ3) is 2.46. The first-order valence-electron chi connectivity index (χ1n) is 5.41. The fraction of sp³-hybridized carbons (Fsp3) is 0.333. The van der Waals surface area contributed by atoms with Crippen LogP contribution in [0.3, 0.4) is 0 Å². The third-order valence-electron chi connectivity index (χ3n) is 2.34. The van der Waals surface area contributed by atoms with E-state index in [1.807, 2.05) is 24.4 Å². The van der Waals surface area contributed by atoms with Crippen LogP contribution in [-0.4, -0.2) is 16.5 Å². The molecule has 0 amide bonds. The minimum atomic E-state index is 0.361. The summed E-state index contributed by atoms with van der Waals surface area (Å²) in [6, 6.07) is 6.25. The van der Waals surface area contributed by atoms with Crippen molar-refractivity contribution in [2.45, 2.75) is 19.9 Å². The lowest BCUT2D eigenvalue weighted by Gasteiger charge is -2.07. The molecule has 16 heavy (non-hydrogen) atoms. The molecule has 0 fully saturated rings. The van der Waals surface area contributed by atoms with Crippen molar-refractivity contribution in [2.24, 2.45) is 0 Å². The van der Waals surface area contributed by atoms with Crippen LogP contribution in [0.5, 0.6) is 0 Å². The van der Waals surface area contributed by atoms with Crippen LogP contribution in [0, 0.1) is 0 Å². The Balaban J connectivity index is 2.20. The molecule has 1 unspecified atom stereocenters. The van der Waals surface area contributed by atoms with Gasteiger partial charge < -0.3 is 5.32 Å². The second-order valence-electron chi connectivity index (χ2n) is 3.56. The quantitative estimate of drug-likeness (QED) is 0.882. The Morgan fingerprint density at radius 3 is 2.94 bits per heavy atom. The number of aromatic nitrogens is 2. The van der Waals surface area contributed by atoms with Gasteiger partial charge in [-0.15, -0.1) is 11.3 Å². The Bertz CT molecular complexity index is 439. The molecule has 0 radical (unpaired) electrons. The molecule has 2 rings (SSSR count). The minimum Gasteiger partial charge on any atom is -0.310 e. The molecular weight excluding hydrogens is 218 g/mol. The zero-order valence-corrected chi connectivity index (χ0v) is 10.3. The van der Waals surface area contributed by atoms with Crippen LogP contribution in [0.25, 0.3) is 10.7 Å². The van der Waals surface area contributed by atoms with Crippen molar-refractivity contribution in [1.82, 2.24) is 15.3 Å². The fourth-order valence-electron chi connectivity index (χ4n) is 1.50. The number of rotatable bonds is 4. The summed E-state index contributed by atoms with van der Waals surface area (Å²) in [5, 5.41) is 4.36. The van der Waals surface area contributed by atoms with Crippen LogP contribution < -0.4 is 5.32 Å². The van der Waals surface area contributed by atoms with Crippen LogP contribution in [0.4, 0.5) is 0 Å². The van der Waals surface area contributed by atoms with Gasteiger partial charge in [-0.1, -0.05) is 13.0 Å². The van der Waals surface area contributed by atoms with Gasteiger partial charge in [0.2, 0.25) is 0 Å². The third-order valence-corrected chi connectivity index (χ3v) is 3.55. The molecule has 0 saturated heterocycles. The van der Waals surface area contributed by atoms with E-state index in [2.05, 4.69) is 29.1 Å². The maximum atomic E-state index is 4.41. The molecule has 2 aromatic heterocycles. The molecule has 0 aliphatic heterocycles. The van der Waals surface area contributed by atoms with Gasteiger partial charge in [-0.2, -0.15) is 0 Å². The summed E-state index contributed by atoms with van der Waals surface area (Å²) in [5.74, 6) is 0. The fourth-order valence-corrected chi connectivity index (χ4v) is 2.42. The van der Waals surface area contributed by atoms with Crippen molar-refractivity contribution in [3.63, 3.8) is 0 Å². The van der Waals surface area contributed by atoms with Gasteiger partial charge in [0.15, 0.2) is 0 Å². The first-order chi connectivity index (χ1) is 7.81. The van der Waals surface area contributed by atoms with E-state index in [0.717, 1.165) is 17.2 Å². The predicted molar refractivity (Wildman–Crippen MR) is 67.4 cm³/mol. The molecule has 84 valence electrons. The van der Waals surface area contributed by atoms with Crippen LogP contribution in [-0.2, 0) is 0 Å². The van der Waals surface area contributed by atoms with Crippen LogP contribution >= 0.6 is 11.3 Å². The molecule has 2 aromatic rings. The molecule has 0 bridgehead atoms. The van der Waals surface area contributed by atoms with Gasteiger partial charge in [0.05, 0.1) is 5.69 Å². The van der Waals surface area contributed by atoms with Crippen molar-refractivity contribution in [2.75, 3.05) is 6.54 Å². The SMILES string of the molecule is CCNC(C)c1cnc(-c2ccccn2)s1. The molecule has 0 aliphatic rings. The highest BCUT2D eigenvalue weighted by Gasteiger charge is 2.10. The maximum Gasteiger partial charge on any atom is 0.142 e. The van der Waals surface area contributed by atoms with Gasteiger partial charge in [0.25, 0.3) is 0 Å². The summed E-state index contributed by atoms with van der Waals surface area (Å²) in [7, 11) is 0. The number of pyridine rings is 1. The standard InChI is InChI=1S/C12H15N3S/c1-3-13-9(2)11-8-15-12(16-11)10-6-4-5-7-14-10/h4-9,13H,3H2,1-2H3. The molecule has 3 nitrogen and oxygen atoms in total. The number of thiazole rings is 1. The van der Waals surface area contributed by atoms with Crippen molar-refractivity contribution >= 4 is 11.3 Å². The Morgan fingerprint density at radius 2 is 2.25 bits per heavy atom. The topological polar surface area (TPSA) is 37.8 Å². The number of nitrogens with one attached hydrogen (secondary N) is 1. The average Bonchev–Trinajstić information content (AvgIpc) is 2.80. The van der Waals surface area contributed by atoms with Gasteiger partial charge in [0, 0.05) is 23.3 Å². The van der Waals surface area contributed by atoms with Crippen molar-refractivity contribution in [3.05, 3.63) is 35.5 Å². The average molecular weight is 233 g/mol. The Hall–Kier alpha value is -1.26. The summed E-state index contributed by atoms with van der Waals surface area (Å²) in [5.41, 5.74) is 0.947. The molecule has 4 heteroatoms. The van der Waals surface area contributed by atoms with E-state index in [0.29, 0.717) is 6.04 Å². The van der Waals surface area contributed by atoms with Crippen molar-refractivity contribution < 1.29 is 0 Å². The highest BCUT2D eigenvalue weighted by atomic mass is 32.1. The number of hydrogen-bond acceptors (Lipinski definition) is 4. The zero-order chi connectivity index (χ0) is 11.4. The van der Waals surface area contributed by atoms with E-state index >= 15 is 0 Å². The second-order valence-corrected chi connectivity index (χ2v) is 4.62. The van der Waals surface area contributed by atoms with Gasteiger partial charge >= 0.3 is 0 Å². The first kappa shape index (κ1) is 11.2. The van der Waals surface area contributed by atoms with Crippen molar-refractivity contribution in [1.29, 1.82) is 0 Å². The van der Waals surface area contributed by atoms with E-state index in [4.69, 9.17) is 0 Å². The molecule has 0 aromatic carbocycles. The Labute approximate surface area is 99.6 Å². The summed E-state index contributed by atoms with van der Waals surface area (Å²) in [6.07, 6.45) is 3.73. The molecular formula is C12H15N3S. The summed E-state index contributed by atoms with van der Waals surface area (Å²) in [4.78, 5) is 9.95. The van der Waals surface area contributed by atoms with Crippen molar-refractivity contribution in [3.8, 4) is 10.7 Å². The predicted octanol–water partition coefficient (Wildman–Crippen LogP) is 2.88. The van der Waals surface area contributed by atoms with E-state index in [1.54, 1.807) is 17.5 Å². The normalized spacial score (nSPS) is 12.6. The summed E-state index contributed by atoms with van der Waals surface area (Å²) < 4.78 is 0. The lowest BCUT2D eigenvalue weighted by atomic mass is 10.3. The van der Waals surface area contributed by atoms with E-state index in [1.165, 1.54) is 4.88 Å². The highest BCUT2D eigenvalue weighted by Crippen LogP contribution is 2.26. The van der Waals surface area contributed by atoms with Gasteiger partial charge in [-0.25, -0.2) is 4.98 Å². The molecule has 1 N–H and O–H groups in total. The van der Waals surface area contributed by atoms with Crippen LogP contribution in [0.2, 0.25) is 0 Å². The molecule has 0 spiro atoms. The molecule has 1 atom stereocenters. The number of nitrogens with zero attached hydrogens (tertiary/aromatic N) is 2. The Kier molecular flexibility index (Phi) is 3.64. The molecule has 0 aliphatic carbocycles. The molecule has 0 saturated carbocycles. The lowest BCUT2D eigenvalue weighted by molar-refractivity contribution is 0.606. The van der Waals surface area contributed by atoms with E-state index < -0.39 is 0 Å². The zero-order valence-electron chi connectivity index (χ0n) is 9.47. The maximum absolute atomic E-state index is 4.41. The van der Waals surface area contributed by atoms with Crippen LogP contribution in [0.15, 0.2) is 30.6 Å². The monoisotopic (exact) mass is 233 g/mol. The smallest absolute Gasteiger partial charge is 0.142 e. The largest absolute Gasteiger partial charge is 0.310 e. The summed E-state index contributed by atoms with van der Waals surface area (Å²) >= 11 is 1.70.